The van der Waals surface area contributed by atoms with E-state index in [0.29, 0.717) is 13.1 Å². The fourth-order valence-corrected chi connectivity index (χ4v) is 5.05. The molecule has 0 aliphatic heterocycles. The number of rotatable bonds is 22. The van der Waals surface area contributed by atoms with E-state index in [1.807, 2.05) is 60.7 Å². The molecule has 8 heteroatoms. The van der Waals surface area contributed by atoms with Gasteiger partial charge < -0.3 is 41.0 Å². The molecular weight excluding hydrogens is 588 g/mol. The van der Waals surface area contributed by atoms with Gasteiger partial charge in [-0.25, -0.2) is 0 Å². The largest absolute Gasteiger partial charge is 0.491 e. The van der Waals surface area contributed by atoms with Crippen LogP contribution in [0, 0.1) is 12.1 Å². The molecule has 0 saturated carbocycles. The molecule has 4 aromatic carbocycles. The molecule has 4 rings (SSSR count). The Balaban J connectivity index is 1.09. The van der Waals surface area contributed by atoms with Gasteiger partial charge in [0.1, 0.15) is 36.9 Å². The summed E-state index contributed by atoms with van der Waals surface area (Å²) < 4.78 is 11.7. The summed E-state index contributed by atoms with van der Waals surface area (Å²) in [6.07, 6.45) is -1.19. The van der Waals surface area contributed by atoms with Crippen molar-refractivity contribution in [3.05, 3.63) is 131 Å². The highest BCUT2D eigenvalue weighted by molar-refractivity contribution is 5.41. The van der Waals surface area contributed by atoms with Gasteiger partial charge >= 0.3 is 0 Å². The molecule has 0 amide bonds. The molecule has 0 saturated heterocycles. The summed E-state index contributed by atoms with van der Waals surface area (Å²) in [7, 11) is 0. The number of aliphatic hydroxyl groups is 2. The SMILES string of the molecule is CC(C)(c1ccc(OCC(O)CNCCNCc2cc#ccc2)cc1)c1ccc(OCC(O)CNCCNCc2ccccc2)cc1. The van der Waals surface area contributed by atoms with Gasteiger partial charge in [-0.3, -0.25) is 0 Å². The van der Waals surface area contributed by atoms with Gasteiger partial charge in [0.25, 0.3) is 0 Å². The third-order valence-corrected chi connectivity index (χ3v) is 7.98. The van der Waals surface area contributed by atoms with Crippen LogP contribution in [0.4, 0.5) is 0 Å². The summed E-state index contributed by atoms with van der Waals surface area (Å²) in [4.78, 5) is 0. The molecule has 2 unspecified atom stereocenters. The lowest BCUT2D eigenvalue weighted by atomic mass is 9.78. The molecule has 0 aliphatic rings. The maximum atomic E-state index is 10.3. The lowest BCUT2D eigenvalue weighted by Crippen LogP contribution is -2.35. The van der Waals surface area contributed by atoms with Gasteiger partial charge in [-0.15, -0.1) is 0 Å². The van der Waals surface area contributed by atoms with E-state index in [2.05, 4.69) is 83.6 Å². The third-order valence-electron chi connectivity index (χ3n) is 7.98. The Morgan fingerprint density at radius 3 is 1.57 bits per heavy atom. The predicted octanol–water partition coefficient (Wildman–Crippen LogP) is 3.85. The summed E-state index contributed by atoms with van der Waals surface area (Å²) in [5, 5.41) is 33.9. The average Bonchev–Trinajstić information content (AvgIpc) is 3.10. The van der Waals surface area contributed by atoms with Crippen LogP contribution in [0.15, 0.2) is 97.1 Å². The Labute approximate surface area is 280 Å². The van der Waals surface area contributed by atoms with Crippen LogP contribution in [0.5, 0.6) is 11.5 Å². The molecule has 0 spiro atoms. The van der Waals surface area contributed by atoms with E-state index in [9.17, 15) is 10.2 Å². The van der Waals surface area contributed by atoms with Crippen LogP contribution in [-0.4, -0.2) is 74.9 Å². The highest BCUT2D eigenvalue weighted by Crippen LogP contribution is 2.33. The van der Waals surface area contributed by atoms with Gasteiger partial charge in [-0.2, -0.15) is 0 Å². The number of hydrogen-bond acceptors (Lipinski definition) is 8. The van der Waals surface area contributed by atoms with E-state index in [4.69, 9.17) is 9.47 Å². The highest BCUT2D eigenvalue weighted by atomic mass is 16.5. The minimum Gasteiger partial charge on any atom is -0.491 e. The molecular formula is C39H50N4O4. The Kier molecular flexibility index (Phi) is 15.0. The molecule has 2 atom stereocenters. The third kappa shape index (κ3) is 13.0. The average molecular weight is 639 g/mol. The molecule has 0 heterocycles. The van der Waals surface area contributed by atoms with Crippen LogP contribution in [0.1, 0.15) is 36.1 Å². The normalized spacial score (nSPS) is 12.7. The van der Waals surface area contributed by atoms with Gasteiger partial charge in [0, 0.05) is 57.8 Å². The van der Waals surface area contributed by atoms with E-state index in [1.54, 1.807) is 0 Å². The zero-order valence-electron chi connectivity index (χ0n) is 27.7. The van der Waals surface area contributed by atoms with Gasteiger partial charge in [-0.05, 0) is 64.7 Å². The predicted molar refractivity (Wildman–Crippen MR) is 188 cm³/mol. The van der Waals surface area contributed by atoms with E-state index >= 15 is 0 Å². The number of nitrogens with one attached hydrogen (secondary N) is 4. The zero-order chi connectivity index (χ0) is 33.2. The maximum absolute atomic E-state index is 10.3. The summed E-state index contributed by atoms with van der Waals surface area (Å²) in [5.41, 5.74) is 4.50. The highest BCUT2D eigenvalue weighted by Gasteiger charge is 2.23. The maximum Gasteiger partial charge on any atom is 0.119 e. The van der Waals surface area contributed by atoms with Crippen molar-refractivity contribution in [2.24, 2.45) is 0 Å². The van der Waals surface area contributed by atoms with E-state index in [0.717, 1.165) is 61.9 Å². The fraction of sp³-hybridized carbons (Fsp3) is 0.385. The quantitative estimate of drug-likeness (QED) is 0.0722. The van der Waals surface area contributed by atoms with Crippen molar-refractivity contribution < 1.29 is 19.7 Å². The van der Waals surface area contributed by atoms with Crippen molar-refractivity contribution in [2.75, 3.05) is 52.5 Å². The first-order chi connectivity index (χ1) is 22.9. The van der Waals surface area contributed by atoms with Crippen LogP contribution in [0.25, 0.3) is 0 Å². The Hall–Kier alpha value is -3.94. The lowest BCUT2D eigenvalue weighted by molar-refractivity contribution is 0.106. The summed E-state index contributed by atoms with van der Waals surface area (Å²) >= 11 is 0. The van der Waals surface area contributed by atoms with Gasteiger partial charge in [-0.1, -0.05) is 80.6 Å². The first-order valence-corrected chi connectivity index (χ1v) is 16.5. The van der Waals surface area contributed by atoms with Crippen molar-refractivity contribution in [3.8, 4) is 11.5 Å². The smallest absolute Gasteiger partial charge is 0.119 e. The van der Waals surface area contributed by atoms with Crippen LogP contribution in [-0.2, 0) is 18.5 Å². The Bertz CT molecular complexity index is 1280. The van der Waals surface area contributed by atoms with Crippen LogP contribution in [0.3, 0.4) is 0 Å². The van der Waals surface area contributed by atoms with Crippen molar-refractivity contribution in [3.63, 3.8) is 0 Å². The second-order valence-electron chi connectivity index (χ2n) is 12.2. The molecule has 8 nitrogen and oxygen atoms in total. The Morgan fingerprint density at radius 1 is 0.596 bits per heavy atom. The molecule has 0 aliphatic carbocycles. The van der Waals surface area contributed by atoms with Crippen LogP contribution in [0.2, 0.25) is 0 Å². The topological polar surface area (TPSA) is 107 Å². The fourth-order valence-electron chi connectivity index (χ4n) is 5.05. The Morgan fingerprint density at radius 2 is 1.09 bits per heavy atom. The standard InChI is InChI=1S/C39H50N4O4/c1-39(2,33-13-17-37(18-14-33)46-29-35(44)27-42-23-21-40-25-31-9-5-3-6-10-31)34-15-19-38(20-16-34)47-30-36(45)28-43-24-22-41-26-32-11-7-4-8-12-32/h3,5-7,9-20,35-36,40-45H,21-30H2,1-2H3. The molecule has 0 radical (unpaired) electrons. The van der Waals surface area contributed by atoms with Gasteiger partial charge in [0.05, 0.1) is 0 Å². The molecule has 0 fully saturated rings. The minimum atomic E-state index is -0.601. The van der Waals surface area contributed by atoms with Crippen molar-refractivity contribution in [1.29, 1.82) is 0 Å². The van der Waals surface area contributed by atoms with Crippen molar-refractivity contribution >= 4 is 0 Å². The molecule has 6 N–H and O–H groups in total. The van der Waals surface area contributed by atoms with Crippen LogP contribution < -0.4 is 30.7 Å². The zero-order valence-corrected chi connectivity index (χ0v) is 27.7. The monoisotopic (exact) mass is 638 g/mol. The second kappa shape index (κ2) is 19.7. The lowest BCUT2D eigenvalue weighted by Gasteiger charge is -2.26. The van der Waals surface area contributed by atoms with Crippen molar-refractivity contribution in [2.45, 2.75) is 44.6 Å². The minimum absolute atomic E-state index is 0.220. The number of benzene rings is 3. The van der Waals surface area contributed by atoms with Crippen molar-refractivity contribution in [1.82, 2.24) is 21.3 Å². The first-order valence-electron chi connectivity index (χ1n) is 16.5. The number of hydrogen-bond donors (Lipinski definition) is 6. The molecule has 0 bridgehead atoms. The van der Waals surface area contributed by atoms with Crippen LogP contribution >= 0.6 is 0 Å². The number of aliphatic hydroxyl groups excluding tert-OH is 2. The first kappa shape index (κ1) is 35.9. The molecule has 250 valence electrons. The van der Waals surface area contributed by atoms with E-state index in [1.165, 1.54) is 11.1 Å². The molecule has 4 aromatic rings. The van der Waals surface area contributed by atoms with Gasteiger partial charge in [0.2, 0.25) is 0 Å². The summed E-state index contributed by atoms with van der Waals surface area (Å²) in [5.74, 6) is 1.45. The van der Waals surface area contributed by atoms with E-state index < -0.39 is 12.2 Å². The number of ether oxygens (including phenoxy) is 2. The summed E-state index contributed by atoms with van der Waals surface area (Å²) in [6.45, 7) is 10.5. The molecule has 47 heavy (non-hydrogen) atoms. The second-order valence-corrected chi connectivity index (χ2v) is 12.2. The van der Waals surface area contributed by atoms with Gasteiger partial charge in [0.15, 0.2) is 0 Å². The summed E-state index contributed by atoms with van der Waals surface area (Å²) in [6, 6.07) is 38.0. The van der Waals surface area contributed by atoms with E-state index in [-0.39, 0.29) is 18.6 Å². The molecule has 0 aromatic heterocycles.